The minimum atomic E-state index is -0.438. The van der Waals surface area contributed by atoms with E-state index >= 15 is 0 Å². The third kappa shape index (κ3) is 3.36. The lowest BCUT2D eigenvalue weighted by Gasteiger charge is -2.32. The van der Waals surface area contributed by atoms with E-state index in [0.29, 0.717) is 19.5 Å². The minimum absolute atomic E-state index is 0.0801. The van der Waals surface area contributed by atoms with Crippen LogP contribution in [0.1, 0.15) is 18.9 Å². The van der Waals surface area contributed by atoms with Crippen LogP contribution in [0, 0.1) is 5.82 Å². The minimum Gasteiger partial charge on any atom is -0.353 e. The fraction of sp³-hybridized carbons (Fsp3) is 0.429. The summed E-state index contributed by atoms with van der Waals surface area (Å²) in [4.78, 5) is 25.3. The molecule has 1 heterocycles. The van der Waals surface area contributed by atoms with Crippen LogP contribution >= 0.6 is 15.9 Å². The smallest absolute Gasteiger partial charge is 0.242 e. The van der Waals surface area contributed by atoms with Gasteiger partial charge in [-0.05, 0) is 37.1 Å². The van der Waals surface area contributed by atoms with Crippen LogP contribution in [-0.2, 0) is 16.0 Å². The van der Waals surface area contributed by atoms with Gasteiger partial charge in [-0.1, -0.05) is 15.9 Å². The predicted octanol–water partition coefficient (Wildman–Crippen LogP) is 1.87. The molecule has 0 saturated carbocycles. The highest BCUT2D eigenvalue weighted by molar-refractivity contribution is 9.10. The topological polar surface area (TPSA) is 49.4 Å². The van der Waals surface area contributed by atoms with Crippen molar-refractivity contribution in [3.63, 3.8) is 0 Å². The number of benzene rings is 1. The fourth-order valence-corrected chi connectivity index (χ4v) is 2.69. The Hall–Kier alpha value is -1.43. The summed E-state index contributed by atoms with van der Waals surface area (Å²) in [6.45, 7) is 2.72. The summed E-state index contributed by atoms with van der Waals surface area (Å²) >= 11 is 3.34. The molecule has 0 aromatic heterocycles. The van der Waals surface area contributed by atoms with Crippen molar-refractivity contribution in [2.24, 2.45) is 0 Å². The Kier molecular flexibility index (Phi) is 4.75. The van der Waals surface area contributed by atoms with Crippen LogP contribution in [0.2, 0.25) is 0 Å². The summed E-state index contributed by atoms with van der Waals surface area (Å²) in [6, 6.07) is 3.98. The van der Waals surface area contributed by atoms with E-state index in [0.717, 1.165) is 10.0 Å². The van der Waals surface area contributed by atoms with E-state index in [2.05, 4.69) is 21.2 Å². The van der Waals surface area contributed by atoms with Gasteiger partial charge in [0.1, 0.15) is 11.9 Å². The molecule has 4 nitrogen and oxygen atoms in total. The monoisotopic (exact) mass is 342 g/mol. The van der Waals surface area contributed by atoms with Crippen molar-refractivity contribution in [3.05, 3.63) is 34.1 Å². The molecular weight excluding hydrogens is 327 g/mol. The number of halogens is 2. The normalized spacial score (nSPS) is 18.9. The number of aryl methyl sites for hydroxylation is 1. The van der Waals surface area contributed by atoms with Crippen molar-refractivity contribution in [2.45, 2.75) is 25.8 Å². The van der Waals surface area contributed by atoms with Gasteiger partial charge in [0.25, 0.3) is 0 Å². The molecule has 2 amide bonds. The van der Waals surface area contributed by atoms with E-state index in [1.807, 2.05) is 0 Å². The zero-order valence-corrected chi connectivity index (χ0v) is 12.7. The molecule has 1 fully saturated rings. The molecular formula is C14H16BrFN2O2. The number of hydrogen-bond acceptors (Lipinski definition) is 2. The first-order chi connectivity index (χ1) is 9.49. The zero-order valence-electron chi connectivity index (χ0n) is 11.2. The molecule has 0 spiro atoms. The maximum Gasteiger partial charge on any atom is 0.242 e. The first-order valence-corrected chi connectivity index (χ1v) is 7.29. The SMILES string of the molecule is C[C@H]1C(=O)NCCN1C(=O)CCc1cc(F)ccc1Br. The van der Waals surface area contributed by atoms with Gasteiger partial charge in [-0.2, -0.15) is 0 Å². The van der Waals surface area contributed by atoms with E-state index in [9.17, 15) is 14.0 Å². The predicted molar refractivity (Wildman–Crippen MR) is 76.6 cm³/mol. The summed E-state index contributed by atoms with van der Waals surface area (Å²) < 4.78 is 14.0. The van der Waals surface area contributed by atoms with Crippen molar-refractivity contribution in [1.82, 2.24) is 10.2 Å². The fourth-order valence-electron chi connectivity index (χ4n) is 2.24. The number of hydrogen-bond donors (Lipinski definition) is 1. The van der Waals surface area contributed by atoms with Crippen LogP contribution in [0.3, 0.4) is 0 Å². The van der Waals surface area contributed by atoms with Gasteiger partial charge < -0.3 is 10.2 Å². The van der Waals surface area contributed by atoms with Crippen LogP contribution in [0.15, 0.2) is 22.7 Å². The average Bonchev–Trinajstić information content (AvgIpc) is 2.42. The third-order valence-electron chi connectivity index (χ3n) is 3.44. The Morgan fingerprint density at radius 1 is 1.55 bits per heavy atom. The van der Waals surface area contributed by atoms with Crippen molar-refractivity contribution in [3.8, 4) is 0 Å². The second-order valence-corrected chi connectivity index (χ2v) is 5.64. The maximum atomic E-state index is 13.2. The second-order valence-electron chi connectivity index (χ2n) is 4.79. The largest absolute Gasteiger partial charge is 0.353 e. The lowest BCUT2D eigenvalue weighted by atomic mass is 10.1. The Morgan fingerprint density at radius 3 is 3.05 bits per heavy atom. The van der Waals surface area contributed by atoms with E-state index in [1.54, 1.807) is 17.9 Å². The molecule has 1 aliphatic rings. The van der Waals surface area contributed by atoms with Gasteiger partial charge in [-0.15, -0.1) is 0 Å². The van der Waals surface area contributed by atoms with Gasteiger partial charge in [0.2, 0.25) is 11.8 Å². The van der Waals surface area contributed by atoms with Gasteiger partial charge in [0.05, 0.1) is 0 Å². The number of nitrogens with one attached hydrogen (secondary N) is 1. The molecule has 0 aliphatic carbocycles. The van der Waals surface area contributed by atoms with E-state index in [-0.39, 0.29) is 24.1 Å². The molecule has 108 valence electrons. The van der Waals surface area contributed by atoms with Crippen molar-refractivity contribution >= 4 is 27.7 Å². The first-order valence-electron chi connectivity index (χ1n) is 6.50. The summed E-state index contributed by atoms with van der Waals surface area (Å²) in [7, 11) is 0. The standard InChI is InChI=1S/C14H16BrFN2O2/c1-9-14(20)17-6-7-18(9)13(19)5-2-10-8-11(16)3-4-12(10)15/h3-4,8-9H,2,5-7H2,1H3,(H,17,20)/t9-/m0/s1. The van der Waals surface area contributed by atoms with Crippen LogP contribution < -0.4 is 5.32 Å². The quantitative estimate of drug-likeness (QED) is 0.911. The molecule has 2 rings (SSSR count). The van der Waals surface area contributed by atoms with Gasteiger partial charge >= 0.3 is 0 Å². The van der Waals surface area contributed by atoms with E-state index in [1.165, 1.54) is 12.1 Å². The van der Waals surface area contributed by atoms with Crippen LogP contribution in [-0.4, -0.2) is 35.8 Å². The van der Waals surface area contributed by atoms with Crippen molar-refractivity contribution < 1.29 is 14.0 Å². The molecule has 0 bridgehead atoms. The van der Waals surface area contributed by atoms with Crippen LogP contribution in [0.4, 0.5) is 4.39 Å². The molecule has 1 aliphatic heterocycles. The Bertz CT molecular complexity index is 536. The summed E-state index contributed by atoms with van der Waals surface area (Å²) in [5.74, 6) is -0.526. The Labute approximate surface area is 125 Å². The molecule has 1 atom stereocenters. The van der Waals surface area contributed by atoms with Crippen molar-refractivity contribution in [2.75, 3.05) is 13.1 Å². The summed E-state index contributed by atoms with van der Waals surface area (Å²) in [6.07, 6.45) is 0.710. The first kappa shape index (κ1) is 15.0. The number of nitrogens with zero attached hydrogens (tertiary/aromatic N) is 1. The van der Waals surface area contributed by atoms with Gasteiger partial charge in [-0.25, -0.2) is 4.39 Å². The average molecular weight is 343 g/mol. The number of carbonyl (C=O) groups is 2. The van der Waals surface area contributed by atoms with Gasteiger partial charge in [0.15, 0.2) is 0 Å². The highest BCUT2D eigenvalue weighted by Crippen LogP contribution is 2.20. The molecule has 0 radical (unpaired) electrons. The highest BCUT2D eigenvalue weighted by Gasteiger charge is 2.28. The number of piperazine rings is 1. The number of carbonyl (C=O) groups excluding carboxylic acids is 2. The molecule has 20 heavy (non-hydrogen) atoms. The Morgan fingerprint density at radius 2 is 2.30 bits per heavy atom. The maximum absolute atomic E-state index is 13.2. The van der Waals surface area contributed by atoms with E-state index < -0.39 is 6.04 Å². The number of amides is 2. The highest BCUT2D eigenvalue weighted by atomic mass is 79.9. The van der Waals surface area contributed by atoms with Gasteiger partial charge in [0, 0.05) is 24.0 Å². The van der Waals surface area contributed by atoms with Crippen LogP contribution in [0.5, 0.6) is 0 Å². The van der Waals surface area contributed by atoms with E-state index in [4.69, 9.17) is 0 Å². The molecule has 1 N–H and O–H groups in total. The van der Waals surface area contributed by atoms with Crippen LogP contribution in [0.25, 0.3) is 0 Å². The lowest BCUT2D eigenvalue weighted by molar-refractivity contribution is -0.142. The second kappa shape index (κ2) is 6.35. The molecule has 1 aromatic rings. The van der Waals surface area contributed by atoms with Gasteiger partial charge in [-0.3, -0.25) is 9.59 Å². The molecule has 1 aromatic carbocycles. The Balaban J connectivity index is 1.98. The molecule has 6 heteroatoms. The molecule has 1 saturated heterocycles. The zero-order chi connectivity index (χ0) is 14.7. The van der Waals surface area contributed by atoms with Crippen molar-refractivity contribution in [1.29, 1.82) is 0 Å². The number of rotatable bonds is 3. The third-order valence-corrected chi connectivity index (χ3v) is 4.21. The summed E-state index contributed by atoms with van der Waals surface area (Å²) in [5, 5.41) is 2.72. The summed E-state index contributed by atoms with van der Waals surface area (Å²) in [5.41, 5.74) is 0.757. The molecule has 0 unspecified atom stereocenters. The lowest BCUT2D eigenvalue weighted by Crippen LogP contribution is -2.55.